The number of amides is 1. The van der Waals surface area contributed by atoms with Gasteiger partial charge in [0.15, 0.2) is 23.0 Å². The van der Waals surface area contributed by atoms with Crippen molar-refractivity contribution in [1.29, 1.82) is 0 Å². The van der Waals surface area contributed by atoms with Crippen molar-refractivity contribution in [2.45, 2.75) is 13.0 Å². The molecule has 0 saturated carbocycles. The molecule has 1 aromatic heterocycles. The number of carbonyl (C=O) groups excluding carboxylic acids is 3. The smallest absolute Gasteiger partial charge is 0.308 e. The summed E-state index contributed by atoms with van der Waals surface area (Å²) in [6, 6.07) is 10.7. The van der Waals surface area contributed by atoms with Gasteiger partial charge in [-0.3, -0.25) is 14.4 Å². The van der Waals surface area contributed by atoms with Crippen LogP contribution < -0.4 is 9.47 Å². The molecule has 1 amide bonds. The fourth-order valence-corrected chi connectivity index (χ4v) is 4.51. The van der Waals surface area contributed by atoms with E-state index in [1.807, 2.05) is 19.0 Å². The second-order valence-corrected chi connectivity index (χ2v) is 9.51. The predicted octanol–water partition coefficient (Wildman–Crippen LogP) is 4.27. The Labute approximate surface area is 216 Å². The number of aliphatic hydroxyl groups excluding tert-OH is 1. The summed E-state index contributed by atoms with van der Waals surface area (Å²) in [6.07, 6.45) is 0. The number of rotatable bonds is 8. The normalized spacial score (nSPS) is 15.8. The van der Waals surface area contributed by atoms with Gasteiger partial charge in [0, 0.05) is 29.9 Å². The molecule has 36 heavy (non-hydrogen) atoms. The fourth-order valence-electron chi connectivity index (χ4n) is 4.13. The number of furan rings is 1. The van der Waals surface area contributed by atoms with E-state index in [2.05, 4.69) is 15.9 Å². The first-order valence-corrected chi connectivity index (χ1v) is 11.9. The Morgan fingerprint density at radius 3 is 2.56 bits per heavy atom. The van der Waals surface area contributed by atoms with E-state index >= 15 is 0 Å². The van der Waals surface area contributed by atoms with Gasteiger partial charge in [-0.25, -0.2) is 0 Å². The zero-order valence-electron chi connectivity index (χ0n) is 20.2. The molecule has 1 unspecified atom stereocenters. The lowest BCUT2D eigenvalue weighted by molar-refractivity contribution is -0.132. The summed E-state index contributed by atoms with van der Waals surface area (Å²) < 4.78 is 17.2. The van der Waals surface area contributed by atoms with Crippen molar-refractivity contribution in [1.82, 2.24) is 9.80 Å². The van der Waals surface area contributed by atoms with E-state index in [1.165, 1.54) is 25.0 Å². The third-order valence-electron chi connectivity index (χ3n) is 5.80. The molecule has 2 aromatic carbocycles. The number of hydrogen-bond acceptors (Lipinski definition) is 8. The van der Waals surface area contributed by atoms with Gasteiger partial charge in [0.1, 0.15) is 5.58 Å². The van der Waals surface area contributed by atoms with Crippen molar-refractivity contribution in [3.05, 3.63) is 69.6 Å². The van der Waals surface area contributed by atoms with E-state index in [9.17, 15) is 19.5 Å². The fraction of sp³-hybridized carbons (Fsp3) is 0.269. The highest BCUT2D eigenvalue weighted by Crippen LogP contribution is 2.42. The zero-order valence-corrected chi connectivity index (χ0v) is 21.8. The summed E-state index contributed by atoms with van der Waals surface area (Å²) in [5.41, 5.74) is 0.842. The van der Waals surface area contributed by atoms with Crippen molar-refractivity contribution in [2.24, 2.45) is 0 Å². The van der Waals surface area contributed by atoms with E-state index < -0.39 is 29.5 Å². The number of ether oxygens (including phenoxy) is 2. The molecule has 0 bridgehead atoms. The highest BCUT2D eigenvalue weighted by atomic mass is 79.9. The van der Waals surface area contributed by atoms with Crippen LogP contribution >= 0.6 is 15.9 Å². The Morgan fingerprint density at radius 1 is 1.14 bits per heavy atom. The molecule has 3 aromatic rings. The monoisotopic (exact) mass is 556 g/mol. The van der Waals surface area contributed by atoms with E-state index in [0.717, 1.165) is 4.47 Å². The average Bonchev–Trinajstić information content (AvgIpc) is 3.35. The van der Waals surface area contributed by atoms with Gasteiger partial charge in [0.2, 0.25) is 5.78 Å². The van der Waals surface area contributed by atoms with E-state index in [0.29, 0.717) is 28.8 Å². The van der Waals surface area contributed by atoms with Crippen LogP contribution in [-0.4, -0.2) is 66.9 Å². The van der Waals surface area contributed by atoms with Gasteiger partial charge in [-0.2, -0.15) is 0 Å². The first-order valence-electron chi connectivity index (χ1n) is 11.1. The third kappa shape index (κ3) is 4.87. The van der Waals surface area contributed by atoms with Crippen molar-refractivity contribution in [3.8, 4) is 11.5 Å². The van der Waals surface area contributed by atoms with Crippen molar-refractivity contribution < 1.29 is 33.4 Å². The van der Waals surface area contributed by atoms with Gasteiger partial charge in [-0.1, -0.05) is 22.0 Å². The third-order valence-corrected chi connectivity index (χ3v) is 6.29. The molecule has 0 radical (unpaired) electrons. The van der Waals surface area contributed by atoms with Gasteiger partial charge >= 0.3 is 5.97 Å². The number of ketones is 1. The Bertz CT molecular complexity index is 1390. The Kier molecular flexibility index (Phi) is 7.18. The van der Waals surface area contributed by atoms with Crippen molar-refractivity contribution in [2.75, 3.05) is 34.3 Å². The van der Waals surface area contributed by atoms with Crippen molar-refractivity contribution in [3.63, 3.8) is 0 Å². The van der Waals surface area contributed by atoms with Crippen LogP contribution in [0.3, 0.4) is 0 Å². The second-order valence-electron chi connectivity index (χ2n) is 8.59. The standard InChI is InChI=1S/C26H25BrN2O7/c1-14(30)35-20-12-15(5-7-19(20)34-4)23-22(25(32)26(33)29(23)10-9-28(2)3)24(31)21-13-16-11-17(27)6-8-18(16)36-21/h5-8,11-13,23,32H,9-10H2,1-4H3. The molecule has 1 N–H and O–H groups in total. The molecule has 1 aliphatic heterocycles. The summed E-state index contributed by atoms with van der Waals surface area (Å²) in [7, 11) is 5.15. The average molecular weight is 557 g/mol. The van der Waals surface area contributed by atoms with Crippen LogP contribution in [0.2, 0.25) is 0 Å². The maximum absolute atomic E-state index is 13.7. The highest BCUT2D eigenvalue weighted by molar-refractivity contribution is 9.10. The number of halogens is 1. The lowest BCUT2D eigenvalue weighted by Crippen LogP contribution is -2.36. The predicted molar refractivity (Wildman–Crippen MR) is 135 cm³/mol. The first kappa shape index (κ1) is 25.5. The van der Waals surface area contributed by atoms with E-state index in [1.54, 1.807) is 36.4 Å². The number of aliphatic hydroxyl groups is 1. The van der Waals surface area contributed by atoms with Gasteiger partial charge in [0.25, 0.3) is 5.91 Å². The van der Waals surface area contributed by atoms with E-state index in [4.69, 9.17) is 13.9 Å². The number of Topliss-reactive ketones (excluding diaryl/α,β-unsaturated/α-hetero) is 1. The Balaban J connectivity index is 1.83. The van der Waals surface area contributed by atoms with Crippen LogP contribution in [0.4, 0.5) is 0 Å². The molecule has 0 fully saturated rings. The number of likely N-dealkylation sites (N-methyl/N-ethyl adjacent to an activating group) is 1. The molecule has 10 heteroatoms. The topological polar surface area (TPSA) is 110 Å². The lowest BCUT2D eigenvalue weighted by Gasteiger charge is -2.28. The lowest BCUT2D eigenvalue weighted by atomic mass is 9.94. The van der Waals surface area contributed by atoms with Crippen LogP contribution in [0.25, 0.3) is 11.0 Å². The Hall–Kier alpha value is -3.63. The largest absolute Gasteiger partial charge is 0.503 e. The molecule has 4 rings (SSSR count). The van der Waals surface area contributed by atoms with Crippen LogP contribution in [0, 0.1) is 0 Å². The van der Waals surface area contributed by atoms with Gasteiger partial charge < -0.3 is 28.8 Å². The highest BCUT2D eigenvalue weighted by Gasteiger charge is 2.44. The van der Waals surface area contributed by atoms with Crippen LogP contribution in [-0.2, 0) is 9.59 Å². The van der Waals surface area contributed by atoms with Crippen LogP contribution in [0.1, 0.15) is 29.1 Å². The minimum absolute atomic E-state index is 0.00868. The molecule has 0 spiro atoms. The van der Waals surface area contributed by atoms with Gasteiger partial charge in [-0.15, -0.1) is 0 Å². The van der Waals surface area contributed by atoms with Gasteiger partial charge in [-0.05, 0) is 56.1 Å². The number of benzene rings is 2. The molecule has 2 heterocycles. The molecular weight excluding hydrogens is 532 g/mol. The van der Waals surface area contributed by atoms with Crippen LogP contribution in [0.15, 0.2) is 62.7 Å². The second kappa shape index (κ2) is 10.2. The van der Waals surface area contributed by atoms with E-state index in [-0.39, 0.29) is 23.6 Å². The summed E-state index contributed by atoms with van der Waals surface area (Å²) >= 11 is 3.40. The maximum Gasteiger partial charge on any atom is 0.308 e. The summed E-state index contributed by atoms with van der Waals surface area (Å²) in [4.78, 5) is 41.8. The van der Waals surface area contributed by atoms with Gasteiger partial charge in [0.05, 0.1) is 18.7 Å². The summed E-state index contributed by atoms with van der Waals surface area (Å²) in [5.74, 6) is -2.05. The molecule has 1 atom stereocenters. The minimum Gasteiger partial charge on any atom is -0.503 e. The zero-order chi connectivity index (χ0) is 26.1. The number of nitrogens with zero attached hydrogens (tertiary/aromatic N) is 2. The number of fused-ring (bicyclic) bond motifs is 1. The minimum atomic E-state index is -0.940. The quantitative estimate of drug-likeness (QED) is 0.249. The molecule has 1 aliphatic rings. The summed E-state index contributed by atoms with van der Waals surface area (Å²) in [6.45, 7) is 1.98. The number of esters is 1. The SMILES string of the molecule is COc1ccc(C2C(C(=O)c3cc4cc(Br)ccc4o3)=C(O)C(=O)N2CCN(C)C)cc1OC(C)=O. The molecule has 0 saturated heterocycles. The van der Waals surface area contributed by atoms with Crippen molar-refractivity contribution >= 4 is 44.6 Å². The number of hydrogen-bond donors (Lipinski definition) is 1. The summed E-state index contributed by atoms with van der Waals surface area (Å²) in [5, 5.41) is 11.6. The molecular formula is C26H25BrN2O7. The number of carbonyl (C=O) groups is 3. The maximum atomic E-state index is 13.7. The Morgan fingerprint density at radius 2 is 1.89 bits per heavy atom. The van der Waals surface area contributed by atoms with Crippen LogP contribution in [0.5, 0.6) is 11.5 Å². The molecule has 0 aliphatic carbocycles. The first-order chi connectivity index (χ1) is 17.1. The molecule has 188 valence electrons. The number of methoxy groups -OCH3 is 1. The molecule has 9 nitrogen and oxygen atoms in total.